The highest BCUT2D eigenvalue weighted by molar-refractivity contribution is 4.83. The molecule has 1 aliphatic rings. The van der Waals surface area contributed by atoms with Crippen molar-refractivity contribution in [2.45, 2.75) is 24.6 Å². The van der Waals surface area contributed by atoms with Gasteiger partial charge in [-0.1, -0.05) is 6.08 Å². The van der Waals surface area contributed by atoms with Gasteiger partial charge in [0, 0.05) is 0 Å². The minimum absolute atomic E-state index is 0.0416. The van der Waals surface area contributed by atoms with Crippen LogP contribution in [-0.4, -0.2) is 53.1 Å². The van der Waals surface area contributed by atoms with Gasteiger partial charge in [-0.3, -0.25) is 0 Å². The second-order valence-electron chi connectivity index (χ2n) is 2.87. The Labute approximate surface area is 76.2 Å². The van der Waals surface area contributed by atoms with Crippen LogP contribution in [0.4, 0.5) is 0 Å². The smallest absolute Gasteiger partial charge is 0.186 e. The van der Waals surface area contributed by atoms with Crippen LogP contribution in [0.15, 0.2) is 12.7 Å². The number of ether oxygens (including phenoxy) is 2. The predicted octanol–water partition coefficient (Wildman–Crippen LogP) is -1.37. The Bertz CT molecular complexity index is 172. The zero-order chi connectivity index (χ0) is 9.84. The first kappa shape index (κ1) is 10.6. The van der Waals surface area contributed by atoms with Crippen LogP contribution in [0.1, 0.15) is 0 Å². The maximum absolute atomic E-state index is 9.34. The average Bonchev–Trinajstić information content (AvgIpc) is 2.13. The molecule has 0 bridgehead atoms. The van der Waals surface area contributed by atoms with E-state index >= 15 is 0 Å². The van der Waals surface area contributed by atoms with Gasteiger partial charge < -0.3 is 24.8 Å². The largest absolute Gasteiger partial charge is 0.388 e. The van der Waals surface area contributed by atoms with Crippen molar-refractivity contribution in [1.82, 2.24) is 0 Å². The fourth-order valence-corrected chi connectivity index (χ4v) is 1.09. The van der Waals surface area contributed by atoms with Gasteiger partial charge in [-0.25, -0.2) is 0 Å². The molecule has 76 valence electrons. The lowest BCUT2D eigenvalue weighted by atomic mass is 10.1. The van der Waals surface area contributed by atoms with E-state index in [1.165, 1.54) is 6.08 Å². The molecule has 1 saturated heterocycles. The zero-order valence-corrected chi connectivity index (χ0v) is 7.17. The molecule has 0 aromatic carbocycles. The summed E-state index contributed by atoms with van der Waals surface area (Å²) in [6, 6.07) is 0. The Morgan fingerprint density at radius 3 is 2.69 bits per heavy atom. The van der Waals surface area contributed by atoms with Gasteiger partial charge >= 0.3 is 0 Å². The summed E-state index contributed by atoms with van der Waals surface area (Å²) in [5.74, 6) is 0. The molecule has 0 aromatic heterocycles. The van der Waals surface area contributed by atoms with Gasteiger partial charge in [0.25, 0.3) is 0 Å². The third-order valence-corrected chi connectivity index (χ3v) is 1.83. The van der Waals surface area contributed by atoms with Crippen LogP contribution in [0.5, 0.6) is 0 Å². The van der Waals surface area contributed by atoms with E-state index in [0.29, 0.717) is 0 Å². The molecule has 1 rings (SSSR count). The van der Waals surface area contributed by atoms with Crippen LogP contribution in [-0.2, 0) is 9.47 Å². The summed E-state index contributed by atoms with van der Waals surface area (Å²) in [5, 5.41) is 27.7. The average molecular weight is 190 g/mol. The summed E-state index contributed by atoms with van der Waals surface area (Å²) < 4.78 is 9.95. The van der Waals surface area contributed by atoms with Crippen molar-refractivity contribution in [3.05, 3.63) is 12.7 Å². The molecule has 0 aliphatic carbocycles. The van der Waals surface area contributed by atoms with Crippen LogP contribution in [0, 0.1) is 0 Å². The summed E-state index contributed by atoms with van der Waals surface area (Å²) in [6.45, 7) is 3.62. The summed E-state index contributed by atoms with van der Waals surface area (Å²) in [5.41, 5.74) is 0. The van der Waals surface area contributed by atoms with Gasteiger partial charge in [-0.2, -0.15) is 0 Å². The zero-order valence-electron chi connectivity index (χ0n) is 7.17. The number of aliphatic hydroxyl groups excluding tert-OH is 3. The van der Waals surface area contributed by atoms with Gasteiger partial charge in [0.2, 0.25) is 0 Å². The molecular weight excluding hydrogens is 176 g/mol. The molecule has 0 unspecified atom stereocenters. The highest BCUT2D eigenvalue weighted by atomic mass is 16.7. The van der Waals surface area contributed by atoms with Gasteiger partial charge in [-0.05, 0) is 0 Å². The standard InChI is InChI=1S/C8H14O5/c1-2-3-12-8-7(11)6(10)5(9)4-13-8/h2,5-11H,1,3-4H2/t5-,6-,7+,8+/m0/s1. The van der Waals surface area contributed by atoms with Gasteiger partial charge in [0.1, 0.15) is 18.3 Å². The number of hydrogen-bond acceptors (Lipinski definition) is 5. The number of aliphatic hydroxyl groups is 3. The summed E-state index contributed by atoms with van der Waals surface area (Å²) in [7, 11) is 0. The molecule has 1 aliphatic heterocycles. The molecule has 0 saturated carbocycles. The van der Waals surface area contributed by atoms with Crippen molar-refractivity contribution < 1.29 is 24.8 Å². The molecule has 5 nitrogen and oxygen atoms in total. The monoisotopic (exact) mass is 190 g/mol. The Morgan fingerprint density at radius 2 is 2.08 bits per heavy atom. The normalized spacial score (nSPS) is 40.2. The molecule has 1 fully saturated rings. The lowest BCUT2D eigenvalue weighted by molar-refractivity contribution is -0.266. The second kappa shape index (κ2) is 4.69. The van der Waals surface area contributed by atoms with Crippen LogP contribution in [0.2, 0.25) is 0 Å². The highest BCUT2D eigenvalue weighted by Gasteiger charge is 2.37. The van der Waals surface area contributed by atoms with Crippen molar-refractivity contribution in [1.29, 1.82) is 0 Å². The van der Waals surface area contributed by atoms with Gasteiger partial charge in [0.05, 0.1) is 13.2 Å². The topological polar surface area (TPSA) is 79.2 Å². The van der Waals surface area contributed by atoms with Crippen molar-refractivity contribution in [3.63, 3.8) is 0 Å². The van der Waals surface area contributed by atoms with E-state index in [-0.39, 0.29) is 13.2 Å². The number of hydrogen-bond donors (Lipinski definition) is 3. The lowest BCUT2D eigenvalue weighted by Crippen LogP contribution is -2.53. The Kier molecular flexibility index (Phi) is 3.83. The molecule has 0 amide bonds. The first-order chi connectivity index (χ1) is 6.16. The Morgan fingerprint density at radius 1 is 1.38 bits per heavy atom. The van der Waals surface area contributed by atoms with Gasteiger partial charge in [0.15, 0.2) is 6.29 Å². The van der Waals surface area contributed by atoms with Crippen LogP contribution >= 0.6 is 0 Å². The fourth-order valence-electron chi connectivity index (χ4n) is 1.09. The lowest BCUT2D eigenvalue weighted by Gasteiger charge is -2.34. The molecule has 13 heavy (non-hydrogen) atoms. The molecule has 1 heterocycles. The minimum atomic E-state index is -1.22. The van der Waals surface area contributed by atoms with Crippen molar-refractivity contribution >= 4 is 0 Å². The van der Waals surface area contributed by atoms with E-state index in [9.17, 15) is 10.2 Å². The van der Waals surface area contributed by atoms with E-state index in [4.69, 9.17) is 14.6 Å². The molecule has 0 radical (unpaired) electrons. The summed E-state index contributed by atoms with van der Waals surface area (Å²) in [6.07, 6.45) is -2.88. The van der Waals surface area contributed by atoms with Crippen molar-refractivity contribution in [2.24, 2.45) is 0 Å². The van der Waals surface area contributed by atoms with E-state index in [1.54, 1.807) is 0 Å². The van der Waals surface area contributed by atoms with Crippen LogP contribution in [0.25, 0.3) is 0 Å². The first-order valence-corrected chi connectivity index (χ1v) is 4.05. The van der Waals surface area contributed by atoms with Crippen molar-refractivity contribution in [2.75, 3.05) is 13.2 Å². The molecule has 5 heteroatoms. The SMILES string of the molecule is C=CCO[C@@H]1OC[C@H](O)[C@H](O)[C@H]1O. The fraction of sp³-hybridized carbons (Fsp3) is 0.750. The third kappa shape index (κ3) is 2.49. The molecule has 0 spiro atoms. The van der Waals surface area contributed by atoms with Crippen LogP contribution in [0.3, 0.4) is 0 Å². The Balaban J connectivity index is 2.43. The first-order valence-electron chi connectivity index (χ1n) is 4.05. The summed E-state index contributed by atoms with van der Waals surface area (Å²) >= 11 is 0. The van der Waals surface area contributed by atoms with E-state index in [1.807, 2.05) is 0 Å². The van der Waals surface area contributed by atoms with E-state index in [2.05, 4.69) is 6.58 Å². The molecule has 3 N–H and O–H groups in total. The Hall–Kier alpha value is -0.460. The third-order valence-electron chi connectivity index (χ3n) is 1.83. The second-order valence-corrected chi connectivity index (χ2v) is 2.87. The van der Waals surface area contributed by atoms with E-state index in [0.717, 1.165) is 0 Å². The predicted molar refractivity (Wildman–Crippen MR) is 43.9 cm³/mol. The maximum atomic E-state index is 9.34. The quantitative estimate of drug-likeness (QED) is 0.478. The van der Waals surface area contributed by atoms with E-state index < -0.39 is 24.6 Å². The van der Waals surface area contributed by atoms with Crippen LogP contribution < -0.4 is 0 Å². The molecular formula is C8H14O5. The summed E-state index contributed by atoms with van der Waals surface area (Å²) in [4.78, 5) is 0. The minimum Gasteiger partial charge on any atom is -0.388 e. The van der Waals surface area contributed by atoms with Gasteiger partial charge in [-0.15, -0.1) is 6.58 Å². The molecule has 4 atom stereocenters. The maximum Gasteiger partial charge on any atom is 0.186 e. The van der Waals surface area contributed by atoms with Crippen molar-refractivity contribution in [3.8, 4) is 0 Å². The highest BCUT2D eigenvalue weighted by Crippen LogP contribution is 2.16. The molecule has 0 aromatic rings. The number of rotatable bonds is 3.